The number of benzene rings is 1. The second-order valence-corrected chi connectivity index (χ2v) is 5.53. The van der Waals surface area contributed by atoms with Crippen molar-refractivity contribution in [1.82, 2.24) is 4.57 Å². The predicted molar refractivity (Wildman–Crippen MR) is 87.0 cm³/mol. The number of carbonyl (C=O) groups is 1. The molecule has 0 unspecified atom stereocenters. The lowest BCUT2D eigenvalue weighted by atomic mass is 10.1. The van der Waals surface area contributed by atoms with Gasteiger partial charge < -0.3 is 15.0 Å². The molecule has 116 valence electrons. The molecule has 1 aromatic heterocycles. The minimum atomic E-state index is -0.712. The minimum Gasteiger partial charge on any atom is -0.465 e. The summed E-state index contributed by atoms with van der Waals surface area (Å²) in [4.78, 5) is 24.0. The van der Waals surface area contributed by atoms with Crippen LogP contribution in [0.5, 0.6) is 0 Å². The number of aromatic nitrogens is 1. The van der Waals surface area contributed by atoms with Gasteiger partial charge in [0.1, 0.15) is 10.6 Å². The molecule has 0 spiro atoms. The molecular weight excluding hydrogens is 304 g/mol. The number of nitrogens with two attached hydrogens (primary N) is 1. The molecule has 6 heteroatoms. The van der Waals surface area contributed by atoms with Crippen LogP contribution in [0, 0.1) is 20.8 Å². The molecule has 0 fully saturated rings. The Morgan fingerprint density at radius 1 is 1.23 bits per heavy atom. The molecule has 1 heterocycles. The second-order valence-electron chi connectivity index (χ2n) is 5.12. The van der Waals surface area contributed by atoms with Crippen LogP contribution in [0.4, 0.5) is 5.69 Å². The molecule has 0 saturated carbocycles. The lowest BCUT2D eigenvalue weighted by Crippen LogP contribution is -2.23. The van der Waals surface area contributed by atoms with Crippen molar-refractivity contribution in [2.45, 2.75) is 20.8 Å². The summed E-state index contributed by atoms with van der Waals surface area (Å²) in [6.07, 6.45) is 1.49. The summed E-state index contributed by atoms with van der Waals surface area (Å²) < 4.78 is 6.36. The Balaban J connectivity index is 2.83. The number of hydrogen-bond acceptors (Lipinski definition) is 4. The zero-order chi connectivity index (χ0) is 16.6. The van der Waals surface area contributed by atoms with Gasteiger partial charge in [-0.25, -0.2) is 4.79 Å². The summed E-state index contributed by atoms with van der Waals surface area (Å²) >= 11 is 5.99. The highest BCUT2D eigenvalue weighted by Gasteiger charge is 2.20. The molecule has 2 rings (SSSR count). The van der Waals surface area contributed by atoms with E-state index in [4.69, 9.17) is 17.3 Å². The van der Waals surface area contributed by atoms with Crippen LogP contribution in [0.3, 0.4) is 0 Å². The largest absolute Gasteiger partial charge is 0.465 e. The second kappa shape index (κ2) is 5.85. The number of rotatable bonds is 2. The van der Waals surface area contributed by atoms with Crippen LogP contribution >= 0.6 is 11.6 Å². The van der Waals surface area contributed by atoms with Crippen molar-refractivity contribution >= 4 is 23.3 Å². The fraction of sp³-hybridized carbons (Fsp3) is 0.250. The summed E-state index contributed by atoms with van der Waals surface area (Å²) in [5.41, 5.74) is 9.09. The Hall–Kier alpha value is -2.27. The van der Waals surface area contributed by atoms with E-state index in [0.29, 0.717) is 11.4 Å². The van der Waals surface area contributed by atoms with Gasteiger partial charge in [0, 0.05) is 17.6 Å². The molecule has 22 heavy (non-hydrogen) atoms. The number of ether oxygens (including phenoxy) is 1. The Morgan fingerprint density at radius 2 is 1.86 bits per heavy atom. The molecule has 0 aliphatic rings. The number of methoxy groups -OCH3 is 1. The van der Waals surface area contributed by atoms with Gasteiger partial charge in [0.05, 0.1) is 12.8 Å². The van der Waals surface area contributed by atoms with E-state index in [1.165, 1.54) is 13.3 Å². The quantitative estimate of drug-likeness (QED) is 0.682. The fourth-order valence-corrected chi connectivity index (χ4v) is 2.57. The Labute approximate surface area is 133 Å². The molecule has 2 aromatic rings. The number of esters is 1. The molecule has 0 radical (unpaired) electrons. The normalized spacial score (nSPS) is 10.6. The summed E-state index contributed by atoms with van der Waals surface area (Å²) in [6.45, 7) is 5.50. The van der Waals surface area contributed by atoms with Crippen molar-refractivity contribution in [3.63, 3.8) is 0 Å². The predicted octanol–water partition coefficient (Wildman–Crippen LogP) is 2.78. The van der Waals surface area contributed by atoms with E-state index in [9.17, 15) is 9.59 Å². The number of aryl methyl sites for hydroxylation is 2. The van der Waals surface area contributed by atoms with E-state index in [1.54, 1.807) is 17.6 Å². The van der Waals surface area contributed by atoms with Gasteiger partial charge in [-0.3, -0.25) is 4.79 Å². The van der Waals surface area contributed by atoms with E-state index in [-0.39, 0.29) is 10.6 Å². The van der Waals surface area contributed by atoms with Crippen molar-refractivity contribution < 1.29 is 9.53 Å². The first kappa shape index (κ1) is 16.1. The van der Waals surface area contributed by atoms with Crippen LogP contribution in [0.1, 0.15) is 27.2 Å². The third kappa shape index (κ3) is 2.60. The number of nitrogen functional groups attached to an aromatic ring is 1. The highest BCUT2D eigenvalue weighted by molar-refractivity contribution is 6.30. The number of carbonyl (C=O) groups excluding carboxylic acids is 1. The lowest BCUT2D eigenvalue weighted by Gasteiger charge is -2.17. The van der Waals surface area contributed by atoms with E-state index in [0.717, 1.165) is 16.8 Å². The van der Waals surface area contributed by atoms with E-state index >= 15 is 0 Å². The molecule has 0 bridgehead atoms. The van der Waals surface area contributed by atoms with Gasteiger partial charge in [0.25, 0.3) is 0 Å². The van der Waals surface area contributed by atoms with E-state index < -0.39 is 11.4 Å². The molecule has 0 atom stereocenters. The van der Waals surface area contributed by atoms with Crippen molar-refractivity contribution in [1.29, 1.82) is 0 Å². The smallest absolute Gasteiger partial charge is 0.343 e. The van der Waals surface area contributed by atoms with Crippen LogP contribution in [0.2, 0.25) is 5.02 Å². The van der Waals surface area contributed by atoms with Crippen LogP contribution in [-0.2, 0) is 4.74 Å². The van der Waals surface area contributed by atoms with Crippen molar-refractivity contribution in [3.05, 3.63) is 56.0 Å². The molecule has 0 aliphatic heterocycles. The van der Waals surface area contributed by atoms with Gasteiger partial charge in [0.15, 0.2) is 0 Å². The molecule has 0 amide bonds. The molecule has 0 saturated heterocycles. The summed E-state index contributed by atoms with van der Waals surface area (Å²) in [7, 11) is 1.22. The Morgan fingerprint density at radius 3 is 2.45 bits per heavy atom. The highest BCUT2D eigenvalue weighted by Crippen LogP contribution is 2.24. The minimum absolute atomic E-state index is 0.0513. The number of halogens is 1. The third-order valence-corrected chi connectivity index (χ3v) is 3.91. The lowest BCUT2D eigenvalue weighted by molar-refractivity contribution is 0.0597. The Kier molecular flexibility index (Phi) is 4.28. The van der Waals surface area contributed by atoms with Crippen LogP contribution < -0.4 is 11.2 Å². The van der Waals surface area contributed by atoms with Gasteiger partial charge >= 0.3 is 5.97 Å². The molecule has 1 aromatic carbocycles. The molecule has 5 nitrogen and oxygen atoms in total. The average Bonchev–Trinajstić information content (AvgIpc) is 2.47. The first-order chi connectivity index (χ1) is 10.3. The third-order valence-electron chi connectivity index (χ3n) is 3.64. The van der Waals surface area contributed by atoms with E-state index in [2.05, 4.69) is 4.74 Å². The maximum atomic E-state index is 12.1. The van der Waals surface area contributed by atoms with E-state index in [1.807, 2.05) is 19.9 Å². The SMILES string of the molecule is COC(=O)c1c(C)n(-c2cc(N)c(C)cc2C)cc(Cl)c1=O. The average molecular weight is 321 g/mol. The van der Waals surface area contributed by atoms with Gasteiger partial charge in [-0.15, -0.1) is 0 Å². The van der Waals surface area contributed by atoms with Gasteiger partial charge in [-0.1, -0.05) is 17.7 Å². The standard InChI is InChI=1S/C16H17ClN2O3/c1-8-5-9(2)13(6-12(8)18)19-7-11(17)15(20)14(10(19)3)16(21)22-4/h5-7H,18H2,1-4H3. The van der Waals surface area contributed by atoms with Crippen molar-refractivity contribution in [2.24, 2.45) is 0 Å². The van der Waals surface area contributed by atoms with Gasteiger partial charge in [-0.2, -0.15) is 0 Å². The number of nitrogens with zero attached hydrogens (tertiary/aromatic N) is 1. The fourth-order valence-electron chi connectivity index (χ4n) is 2.38. The first-order valence-corrected chi connectivity index (χ1v) is 7.03. The highest BCUT2D eigenvalue weighted by atomic mass is 35.5. The van der Waals surface area contributed by atoms with Crippen LogP contribution in [0.25, 0.3) is 5.69 Å². The maximum Gasteiger partial charge on any atom is 0.343 e. The van der Waals surface area contributed by atoms with Crippen LogP contribution in [-0.4, -0.2) is 17.6 Å². The van der Waals surface area contributed by atoms with Crippen molar-refractivity contribution in [3.8, 4) is 5.69 Å². The summed E-state index contributed by atoms with van der Waals surface area (Å²) in [6, 6.07) is 3.73. The molecule has 2 N–H and O–H groups in total. The zero-order valence-corrected chi connectivity index (χ0v) is 13.6. The Bertz CT molecular complexity index is 825. The number of anilines is 1. The molecule has 0 aliphatic carbocycles. The summed E-state index contributed by atoms with van der Waals surface area (Å²) in [5.74, 6) is -0.712. The number of hydrogen-bond donors (Lipinski definition) is 1. The topological polar surface area (TPSA) is 74.3 Å². The first-order valence-electron chi connectivity index (χ1n) is 6.65. The van der Waals surface area contributed by atoms with Gasteiger partial charge in [-0.05, 0) is 38.0 Å². The van der Waals surface area contributed by atoms with Crippen molar-refractivity contribution in [2.75, 3.05) is 12.8 Å². The molecular formula is C16H17ClN2O3. The maximum absolute atomic E-state index is 12.1. The zero-order valence-electron chi connectivity index (χ0n) is 12.9. The summed E-state index contributed by atoms with van der Waals surface area (Å²) in [5, 5.41) is -0.0513. The number of pyridine rings is 1. The monoisotopic (exact) mass is 320 g/mol. The van der Waals surface area contributed by atoms with Crippen LogP contribution in [0.15, 0.2) is 23.1 Å². The van der Waals surface area contributed by atoms with Gasteiger partial charge in [0.2, 0.25) is 5.43 Å².